The van der Waals surface area contributed by atoms with Gasteiger partial charge in [-0.1, -0.05) is 153 Å². The molecule has 1 nitrogen and oxygen atoms in total. The van der Waals surface area contributed by atoms with Gasteiger partial charge in [0.25, 0.3) is 0 Å². The lowest BCUT2D eigenvalue weighted by molar-refractivity contribution is 0.316. The van der Waals surface area contributed by atoms with Crippen LogP contribution in [0.3, 0.4) is 0 Å². The van der Waals surface area contributed by atoms with Crippen LogP contribution in [-0.2, 0) is 5.41 Å². The van der Waals surface area contributed by atoms with Crippen LogP contribution >= 0.6 is 11.3 Å². The summed E-state index contributed by atoms with van der Waals surface area (Å²) in [5.74, 6) is 2.36. The largest absolute Gasteiger partial charge is 0.310 e. The number of rotatable bonds is 6. The molecule has 1 spiro atoms. The van der Waals surface area contributed by atoms with Crippen LogP contribution in [0.1, 0.15) is 37.3 Å². The van der Waals surface area contributed by atoms with Gasteiger partial charge in [0.15, 0.2) is 0 Å². The summed E-state index contributed by atoms with van der Waals surface area (Å²) in [6, 6.07) is 70.1. The van der Waals surface area contributed by atoms with E-state index in [-0.39, 0.29) is 5.41 Å². The lowest BCUT2D eigenvalue weighted by Gasteiger charge is -2.37. The Morgan fingerprint density at radius 2 is 1.00 bits per heavy atom. The molecule has 0 aliphatic heterocycles. The van der Waals surface area contributed by atoms with Gasteiger partial charge in [0, 0.05) is 42.6 Å². The maximum absolute atomic E-state index is 2.53. The van der Waals surface area contributed by atoms with Gasteiger partial charge in [0.05, 0.1) is 0 Å². The SMILES string of the molecule is C[C@H]1C2CCC1C1(C2)c2ccccc2-c2c(-c3ccc4c(c3)sc3cc(N(c5ccc(-c6ccccc6)cc5)c5ccc(-c6ccccc6)cc5)ccc34)cccc21. The molecule has 0 amide bonds. The zero-order chi connectivity index (χ0) is 38.4. The average Bonchev–Trinajstić information content (AvgIpc) is 4.01. The third-order valence-electron chi connectivity index (χ3n) is 14.2. The molecule has 2 heteroatoms. The number of thiophene rings is 1. The first-order valence-electron chi connectivity index (χ1n) is 21.0. The van der Waals surface area contributed by atoms with E-state index in [1.807, 2.05) is 11.3 Å². The molecule has 278 valence electrons. The van der Waals surface area contributed by atoms with Crippen molar-refractivity contribution < 1.29 is 0 Å². The van der Waals surface area contributed by atoms with Crippen molar-refractivity contribution in [1.29, 1.82) is 0 Å². The molecule has 1 aromatic heterocycles. The van der Waals surface area contributed by atoms with E-state index in [0.717, 1.165) is 34.8 Å². The molecular weight excluding hydrogens is 719 g/mol. The molecule has 2 fully saturated rings. The first-order chi connectivity index (χ1) is 28.6. The molecule has 2 bridgehead atoms. The topological polar surface area (TPSA) is 3.24 Å². The van der Waals surface area contributed by atoms with Crippen molar-refractivity contribution in [2.45, 2.75) is 31.6 Å². The summed E-state index contributed by atoms with van der Waals surface area (Å²) in [6.45, 7) is 2.53. The fraction of sp³-hybridized carbons (Fsp3) is 0.143. The van der Waals surface area contributed by atoms with E-state index in [4.69, 9.17) is 0 Å². The highest BCUT2D eigenvalue weighted by Crippen LogP contribution is 2.68. The second-order valence-electron chi connectivity index (χ2n) is 16.9. The van der Waals surface area contributed by atoms with Gasteiger partial charge >= 0.3 is 0 Å². The molecule has 4 atom stereocenters. The van der Waals surface area contributed by atoms with E-state index < -0.39 is 0 Å². The summed E-state index contributed by atoms with van der Waals surface area (Å²) in [5, 5.41) is 2.64. The van der Waals surface area contributed by atoms with E-state index in [2.05, 4.69) is 200 Å². The second-order valence-corrected chi connectivity index (χ2v) is 18.0. The fourth-order valence-corrected chi connectivity index (χ4v) is 12.7. The molecule has 8 aromatic carbocycles. The summed E-state index contributed by atoms with van der Waals surface area (Å²) >= 11 is 1.91. The summed E-state index contributed by atoms with van der Waals surface area (Å²) in [6.07, 6.45) is 4.05. The summed E-state index contributed by atoms with van der Waals surface area (Å²) in [7, 11) is 0. The van der Waals surface area contributed by atoms with Crippen LogP contribution in [0.15, 0.2) is 188 Å². The number of fused-ring (bicyclic) bond motifs is 11. The third-order valence-corrected chi connectivity index (χ3v) is 15.3. The van der Waals surface area contributed by atoms with Crippen LogP contribution in [0, 0.1) is 17.8 Å². The van der Waals surface area contributed by atoms with Gasteiger partial charge in [-0.15, -0.1) is 11.3 Å². The molecule has 58 heavy (non-hydrogen) atoms. The Labute approximate surface area is 344 Å². The van der Waals surface area contributed by atoms with E-state index in [1.165, 1.54) is 83.9 Å². The molecule has 0 radical (unpaired) electrons. The summed E-state index contributed by atoms with van der Waals surface area (Å²) < 4.78 is 2.64. The van der Waals surface area contributed by atoms with Crippen molar-refractivity contribution in [3.8, 4) is 44.5 Å². The highest BCUT2D eigenvalue weighted by Gasteiger charge is 2.60. The monoisotopic (exact) mass is 761 g/mol. The molecule has 1 heterocycles. The first kappa shape index (κ1) is 33.9. The van der Waals surface area contributed by atoms with Crippen molar-refractivity contribution in [1.82, 2.24) is 0 Å². The molecule has 0 saturated heterocycles. The van der Waals surface area contributed by atoms with Gasteiger partial charge in [0.2, 0.25) is 0 Å². The Morgan fingerprint density at radius 1 is 0.466 bits per heavy atom. The van der Waals surface area contributed by atoms with E-state index in [9.17, 15) is 0 Å². The maximum Gasteiger partial charge on any atom is 0.0476 e. The minimum atomic E-state index is 0.165. The smallest absolute Gasteiger partial charge is 0.0476 e. The zero-order valence-electron chi connectivity index (χ0n) is 32.6. The summed E-state index contributed by atoms with van der Waals surface area (Å²) in [5.41, 5.74) is 17.3. The molecule has 12 rings (SSSR count). The van der Waals surface area contributed by atoms with Crippen molar-refractivity contribution in [3.63, 3.8) is 0 Å². The number of nitrogens with zero attached hydrogens (tertiary/aromatic N) is 1. The Morgan fingerprint density at radius 3 is 1.64 bits per heavy atom. The minimum absolute atomic E-state index is 0.165. The van der Waals surface area contributed by atoms with E-state index in [0.29, 0.717) is 0 Å². The molecule has 3 aliphatic rings. The quantitative estimate of drug-likeness (QED) is 0.163. The normalized spacial score (nSPS) is 20.2. The lowest BCUT2D eigenvalue weighted by Crippen LogP contribution is -2.32. The van der Waals surface area contributed by atoms with Crippen molar-refractivity contribution in [2.75, 3.05) is 4.90 Å². The highest BCUT2D eigenvalue weighted by atomic mass is 32.1. The Kier molecular flexibility index (Phi) is 7.69. The van der Waals surface area contributed by atoms with Crippen LogP contribution in [0.25, 0.3) is 64.7 Å². The van der Waals surface area contributed by atoms with E-state index >= 15 is 0 Å². The first-order valence-corrected chi connectivity index (χ1v) is 21.8. The predicted octanol–water partition coefficient (Wildman–Crippen LogP) is 15.9. The van der Waals surface area contributed by atoms with Gasteiger partial charge in [-0.05, 0) is 135 Å². The molecule has 3 aliphatic carbocycles. The lowest BCUT2D eigenvalue weighted by atomic mass is 9.66. The van der Waals surface area contributed by atoms with Crippen molar-refractivity contribution >= 4 is 48.6 Å². The summed E-state index contributed by atoms with van der Waals surface area (Å²) in [4.78, 5) is 2.40. The molecule has 2 saturated carbocycles. The molecule has 0 N–H and O–H groups in total. The molecule has 9 aromatic rings. The van der Waals surface area contributed by atoms with Crippen LogP contribution in [-0.4, -0.2) is 0 Å². The van der Waals surface area contributed by atoms with Gasteiger partial charge < -0.3 is 4.90 Å². The number of hydrogen-bond acceptors (Lipinski definition) is 2. The second kappa shape index (κ2) is 13.2. The molecular formula is C56H43NS. The van der Waals surface area contributed by atoms with Crippen LogP contribution < -0.4 is 4.90 Å². The van der Waals surface area contributed by atoms with Gasteiger partial charge in [0.1, 0.15) is 0 Å². The Balaban J connectivity index is 0.955. The fourth-order valence-electron chi connectivity index (χ4n) is 11.5. The Hall–Kier alpha value is -6.22. The molecule has 3 unspecified atom stereocenters. The van der Waals surface area contributed by atoms with Crippen molar-refractivity contribution in [3.05, 3.63) is 199 Å². The van der Waals surface area contributed by atoms with Crippen LogP contribution in [0.5, 0.6) is 0 Å². The van der Waals surface area contributed by atoms with Crippen LogP contribution in [0.2, 0.25) is 0 Å². The van der Waals surface area contributed by atoms with Crippen LogP contribution in [0.4, 0.5) is 17.1 Å². The van der Waals surface area contributed by atoms with Crippen molar-refractivity contribution in [2.24, 2.45) is 17.8 Å². The third kappa shape index (κ3) is 5.07. The highest BCUT2D eigenvalue weighted by molar-refractivity contribution is 7.25. The standard InChI is InChI=1S/C56H43NS/c1-36-42-24-32-50(36)56(35-42)51-17-9-8-15-49(51)55-46(16-10-18-52(55)56)41-23-30-47-48-31-29-45(34-54(48)58-53(47)33-41)57(43-25-19-39(20-26-43)37-11-4-2-5-12-37)44-27-21-40(22-28-44)38-13-6-3-7-14-38/h2-23,25-31,33-34,36,42,50H,24,32,35H2,1H3/t36-,42?,50?,56?/m0/s1. The number of anilines is 3. The van der Waals surface area contributed by atoms with Gasteiger partial charge in [-0.2, -0.15) is 0 Å². The number of benzene rings is 8. The zero-order valence-corrected chi connectivity index (χ0v) is 33.4. The number of hydrogen-bond donors (Lipinski definition) is 0. The predicted molar refractivity (Wildman–Crippen MR) is 247 cm³/mol. The minimum Gasteiger partial charge on any atom is -0.310 e. The van der Waals surface area contributed by atoms with Gasteiger partial charge in [-0.25, -0.2) is 0 Å². The maximum atomic E-state index is 2.53. The average molecular weight is 762 g/mol. The Bertz CT molecular complexity index is 2910. The van der Waals surface area contributed by atoms with E-state index in [1.54, 1.807) is 11.1 Å². The van der Waals surface area contributed by atoms with Gasteiger partial charge in [-0.3, -0.25) is 0 Å².